The summed E-state index contributed by atoms with van der Waals surface area (Å²) in [5, 5.41) is 0.524. The normalized spacial score (nSPS) is 10.6. The van der Waals surface area contributed by atoms with Gasteiger partial charge in [0.1, 0.15) is 11.3 Å². The number of rotatable bonds is 6. The quantitative estimate of drug-likeness (QED) is 0.725. The van der Waals surface area contributed by atoms with Crippen molar-refractivity contribution in [1.82, 2.24) is 0 Å². The minimum absolute atomic E-state index is 0.221. The molecular weight excluding hydrogens is 264 g/mol. The van der Waals surface area contributed by atoms with Crippen LogP contribution in [0.4, 0.5) is 0 Å². The zero-order chi connectivity index (χ0) is 14.4. The monoisotopic (exact) mass is 284 g/mol. The molecule has 1 aromatic rings. The fourth-order valence-corrected chi connectivity index (χ4v) is 2.00. The zero-order valence-electron chi connectivity index (χ0n) is 12.0. The third-order valence-corrected chi connectivity index (χ3v) is 2.87. The van der Waals surface area contributed by atoms with Crippen LogP contribution in [0, 0.1) is 0 Å². The molecule has 0 atom stereocenters. The van der Waals surface area contributed by atoms with Crippen LogP contribution in [0.1, 0.15) is 56.0 Å². The van der Waals surface area contributed by atoms with Gasteiger partial charge >= 0.3 is 5.97 Å². The highest BCUT2D eigenvalue weighted by Crippen LogP contribution is 2.34. The molecule has 3 nitrogen and oxygen atoms in total. The lowest BCUT2D eigenvalue weighted by atomic mass is 9.99. The molecule has 19 heavy (non-hydrogen) atoms. The molecule has 0 spiro atoms. The Balaban J connectivity index is 3.28. The summed E-state index contributed by atoms with van der Waals surface area (Å²) in [5.41, 5.74) is 1.34. The SMILES string of the molecule is CCCOc1c(C(=O)OCC)cc(Cl)cc1C(C)C. The highest BCUT2D eigenvalue weighted by atomic mass is 35.5. The van der Waals surface area contributed by atoms with Gasteiger partial charge in [0.2, 0.25) is 0 Å². The predicted octanol–water partition coefficient (Wildman–Crippen LogP) is 4.43. The Morgan fingerprint density at radius 1 is 1.32 bits per heavy atom. The molecule has 1 rings (SSSR count). The van der Waals surface area contributed by atoms with Crippen LogP contribution in [-0.4, -0.2) is 19.2 Å². The molecule has 0 saturated carbocycles. The molecule has 0 aliphatic carbocycles. The van der Waals surface area contributed by atoms with Crippen molar-refractivity contribution in [3.8, 4) is 5.75 Å². The lowest BCUT2D eigenvalue weighted by molar-refractivity contribution is 0.0521. The van der Waals surface area contributed by atoms with Crippen LogP contribution in [0.2, 0.25) is 5.02 Å². The van der Waals surface area contributed by atoms with Gasteiger partial charge in [-0.2, -0.15) is 0 Å². The summed E-state index contributed by atoms with van der Waals surface area (Å²) in [5.74, 6) is 0.427. The molecule has 0 bridgehead atoms. The van der Waals surface area contributed by atoms with E-state index in [0.717, 1.165) is 12.0 Å². The van der Waals surface area contributed by atoms with Gasteiger partial charge in [0.15, 0.2) is 0 Å². The molecule has 0 fully saturated rings. The second kappa shape index (κ2) is 7.39. The molecule has 0 heterocycles. The summed E-state index contributed by atoms with van der Waals surface area (Å²) in [4.78, 5) is 12.0. The maximum Gasteiger partial charge on any atom is 0.341 e. The minimum Gasteiger partial charge on any atom is -0.492 e. The van der Waals surface area contributed by atoms with E-state index in [1.165, 1.54) is 0 Å². The number of esters is 1. The summed E-state index contributed by atoms with van der Waals surface area (Å²) < 4.78 is 10.8. The van der Waals surface area contributed by atoms with Crippen LogP contribution >= 0.6 is 11.6 Å². The van der Waals surface area contributed by atoms with Gasteiger partial charge < -0.3 is 9.47 Å². The third kappa shape index (κ3) is 4.13. The van der Waals surface area contributed by atoms with Gasteiger partial charge in [0, 0.05) is 5.02 Å². The van der Waals surface area contributed by atoms with Gasteiger partial charge in [-0.1, -0.05) is 32.4 Å². The summed E-state index contributed by atoms with van der Waals surface area (Å²) >= 11 is 6.08. The van der Waals surface area contributed by atoms with E-state index >= 15 is 0 Å². The highest BCUT2D eigenvalue weighted by molar-refractivity contribution is 6.31. The second-order valence-electron chi connectivity index (χ2n) is 4.60. The summed E-state index contributed by atoms with van der Waals surface area (Å²) in [6.45, 7) is 8.77. The van der Waals surface area contributed by atoms with Crippen molar-refractivity contribution in [1.29, 1.82) is 0 Å². The molecule has 0 aromatic heterocycles. The van der Waals surface area contributed by atoms with Crippen molar-refractivity contribution in [3.05, 3.63) is 28.3 Å². The molecule has 4 heteroatoms. The fraction of sp³-hybridized carbons (Fsp3) is 0.533. The molecule has 0 N–H and O–H groups in total. The van der Waals surface area contributed by atoms with E-state index in [2.05, 4.69) is 0 Å². The number of hydrogen-bond acceptors (Lipinski definition) is 3. The Kier molecular flexibility index (Phi) is 6.16. The second-order valence-corrected chi connectivity index (χ2v) is 5.03. The Morgan fingerprint density at radius 2 is 2.00 bits per heavy atom. The van der Waals surface area contributed by atoms with Crippen molar-refractivity contribution >= 4 is 17.6 Å². The largest absolute Gasteiger partial charge is 0.492 e. The van der Waals surface area contributed by atoms with E-state index in [9.17, 15) is 4.79 Å². The van der Waals surface area contributed by atoms with Crippen LogP contribution in [0.15, 0.2) is 12.1 Å². The first kappa shape index (κ1) is 15.8. The first-order chi connectivity index (χ1) is 9.01. The van der Waals surface area contributed by atoms with Crippen molar-refractivity contribution in [3.63, 3.8) is 0 Å². The van der Waals surface area contributed by atoms with Crippen LogP contribution in [0.5, 0.6) is 5.75 Å². The van der Waals surface area contributed by atoms with Crippen LogP contribution in [0.3, 0.4) is 0 Å². The summed E-state index contributed by atoms with van der Waals surface area (Å²) in [7, 11) is 0. The van der Waals surface area contributed by atoms with Crippen molar-refractivity contribution < 1.29 is 14.3 Å². The smallest absolute Gasteiger partial charge is 0.341 e. The number of carbonyl (C=O) groups is 1. The molecular formula is C15H21ClO3. The maximum absolute atomic E-state index is 12.0. The zero-order valence-corrected chi connectivity index (χ0v) is 12.7. The number of ether oxygens (including phenoxy) is 2. The topological polar surface area (TPSA) is 35.5 Å². The van der Waals surface area contributed by atoms with E-state index in [-0.39, 0.29) is 5.92 Å². The fourth-order valence-electron chi connectivity index (χ4n) is 1.77. The minimum atomic E-state index is -0.391. The predicted molar refractivity (Wildman–Crippen MR) is 77.3 cm³/mol. The Morgan fingerprint density at radius 3 is 2.53 bits per heavy atom. The highest BCUT2D eigenvalue weighted by Gasteiger charge is 2.20. The number of carbonyl (C=O) groups excluding carboxylic acids is 1. The van der Waals surface area contributed by atoms with E-state index in [4.69, 9.17) is 21.1 Å². The van der Waals surface area contributed by atoms with Gasteiger partial charge in [-0.05, 0) is 37.0 Å². The van der Waals surface area contributed by atoms with Gasteiger partial charge in [-0.15, -0.1) is 0 Å². The first-order valence-corrected chi connectivity index (χ1v) is 7.02. The van der Waals surface area contributed by atoms with Gasteiger partial charge in [0.25, 0.3) is 0 Å². The van der Waals surface area contributed by atoms with Crippen molar-refractivity contribution in [2.24, 2.45) is 0 Å². The molecule has 0 aliphatic rings. The van der Waals surface area contributed by atoms with Crippen LogP contribution in [-0.2, 0) is 4.74 Å². The molecule has 0 saturated heterocycles. The summed E-state index contributed by atoms with van der Waals surface area (Å²) in [6.07, 6.45) is 0.877. The van der Waals surface area contributed by atoms with E-state index in [0.29, 0.717) is 29.5 Å². The molecule has 0 unspecified atom stereocenters. The van der Waals surface area contributed by atoms with Gasteiger partial charge in [-0.3, -0.25) is 0 Å². The Hall–Kier alpha value is -1.22. The summed E-state index contributed by atoms with van der Waals surface area (Å²) in [6, 6.07) is 3.45. The van der Waals surface area contributed by atoms with Crippen molar-refractivity contribution in [2.75, 3.05) is 13.2 Å². The Labute approximate surface area is 119 Å². The first-order valence-electron chi connectivity index (χ1n) is 6.64. The van der Waals surface area contributed by atoms with E-state index in [1.54, 1.807) is 13.0 Å². The number of hydrogen-bond donors (Lipinski definition) is 0. The van der Waals surface area contributed by atoms with Gasteiger partial charge in [-0.25, -0.2) is 4.79 Å². The molecule has 0 aliphatic heterocycles. The maximum atomic E-state index is 12.0. The third-order valence-electron chi connectivity index (χ3n) is 2.65. The number of halogens is 1. The average Bonchev–Trinajstić information content (AvgIpc) is 2.36. The lowest BCUT2D eigenvalue weighted by Gasteiger charge is -2.17. The van der Waals surface area contributed by atoms with Crippen LogP contribution in [0.25, 0.3) is 0 Å². The Bertz CT molecular complexity index is 441. The average molecular weight is 285 g/mol. The van der Waals surface area contributed by atoms with Gasteiger partial charge in [0.05, 0.1) is 13.2 Å². The van der Waals surface area contributed by atoms with Crippen molar-refractivity contribution in [2.45, 2.75) is 40.0 Å². The molecule has 1 aromatic carbocycles. The molecule has 0 amide bonds. The molecule has 106 valence electrons. The standard InChI is InChI=1S/C15H21ClO3/c1-5-7-19-14-12(10(3)4)8-11(16)9-13(14)15(17)18-6-2/h8-10H,5-7H2,1-4H3. The molecule has 0 radical (unpaired) electrons. The van der Waals surface area contributed by atoms with E-state index in [1.807, 2.05) is 26.8 Å². The van der Waals surface area contributed by atoms with E-state index < -0.39 is 5.97 Å². The lowest BCUT2D eigenvalue weighted by Crippen LogP contribution is -2.11. The number of benzene rings is 1. The van der Waals surface area contributed by atoms with Crippen LogP contribution < -0.4 is 4.74 Å².